The van der Waals surface area contributed by atoms with Crippen LogP contribution in [-0.4, -0.2) is 27.1 Å². The standard InChI is InChI=1S/C12H16O3S/c1-13-9-4-5-16-12-7-11(15-3)10(14-2)6-8(9)12/h6-7,9H,4-5H2,1-3H3. The van der Waals surface area contributed by atoms with Crippen LogP contribution in [0.5, 0.6) is 11.5 Å². The fourth-order valence-corrected chi connectivity index (χ4v) is 3.03. The summed E-state index contributed by atoms with van der Waals surface area (Å²) in [6.07, 6.45) is 1.22. The summed E-state index contributed by atoms with van der Waals surface area (Å²) in [4.78, 5) is 1.23. The Kier molecular flexibility index (Phi) is 3.61. The van der Waals surface area contributed by atoms with Gasteiger partial charge in [0.15, 0.2) is 11.5 Å². The van der Waals surface area contributed by atoms with Crippen molar-refractivity contribution in [2.45, 2.75) is 17.4 Å². The summed E-state index contributed by atoms with van der Waals surface area (Å²) >= 11 is 1.84. The molecular formula is C12H16O3S. The minimum absolute atomic E-state index is 0.177. The third kappa shape index (κ3) is 1.99. The molecule has 0 saturated heterocycles. The van der Waals surface area contributed by atoms with Crippen molar-refractivity contribution in [2.24, 2.45) is 0 Å². The van der Waals surface area contributed by atoms with Crippen LogP contribution in [0.15, 0.2) is 17.0 Å². The van der Waals surface area contributed by atoms with E-state index < -0.39 is 0 Å². The molecule has 1 atom stereocenters. The zero-order valence-electron chi connectivity index (χ0n) is 9.78. The first-order chi connectivity index (χ1) is 7.80. The molecule has 16 heavy (non-hydrogen) atoms. The first kappa shape index (κ1) is 11.6. The van der Waals surface area contributed by atoms with Gasteiger partial charge in [0.2, 0.25) is 0 Å². The van der Waals surface area contributed by atoms with Gasteiger partial charge < -0.3 is 14.2 Å². The highest BCUT2D eigenvalue weighted by molar-refractivity contribution is 7.99. The van der Waals surface area contributed by atoms with Crippen molar-refractivity contribution in [3.05, 3.63) is 17.7 Å². The molecule has 4 heteroatoms. The van der Waals surface area contributed by atoms with E-state index in [1.807, 2.05) is 23.9 Å². The number of fused-ring (bicyclic) bond motifs is 1. The zero-order valence-corrected chi connectivity index (χ0v) is 10.6. The average molecular weight is 240 g/mol. The van der Waals surface area contributed by atoms with Gasteiger partial charge in [-0.25, -0.2) is 0 Å². The number of benzene rings is 1. The molecule has 0 amide bonds. The van der Waals surface area contributed by atoms with Crippen LogP contribution in [0.2, 0.25) is 0 Å². The number of rotatable bonds is 3. The van der Waals surface area contributed by atoms with Gasteiger partial charge in [-0.1, -0.05) is 0 Å². The Bertz CT molecular complexity index is 379. The molecule has 1 aromatic carbocycles. The van der Waals surface area contributed by atoms with Crippen LogP contribution in [0.25, 0.3) is 0 Å². The van der Waals surface area contributed by atoms with Crippen LogP contribution in [-0.2, 0) is 4.74 Å². The highest BCUT2D eigenvalue weighted by atomic mass is 32.2. The number of ether oxygens (including phenoxy) is 3. The van der Waals surface area contributed by atoms with E-state index in [0.29, 0.717) is 0 Å². The minimum atomic E-state index is 0.177. The lowest BCUT2D eigenvalue weighted by atomic mass is 10.1. The largest absolute Gasteiger partial charge is 0.493 e. The molecule has 0 aromatic heterocycles. The van der Waals surface area contributed by atoms with Gasteiger partial charge in [-0.15, -0.1) is 11.8 Å². The molecule has 0 fully saturated rings. The van der Waals surface area contributed by atoms with Gasteiger partial charge in [0, 0.05) is 17.8 Å². The van der Waals surface area contributed by atoms with Crippen molar-refractivity contribution < 1.29 is 14.2 Å². The van der Waals surface area contributed by atoms with Gasteiger partial charge in [0.25, 0.3) is 0 Å². The van der Waals surface area contributed by atoms with Crippen LogP contribution in [0.1, 0.15) is 18.1 Å². The SMILES string of the molecule is COc1cc2c(cc1OC)C(OC)CCS2. The van der Waals surface area contributed by atoms with Crippen molar-refractivity contribution in [3.63, 3.8) is 0 Å². The Morgan fingerprint density at radius 2 is 1.81 bits per heavy atom. The molecule has 88 valence electrons. The zero-order chi connectivity index (χ0) is 11.5. The summed E-state index contributed by atoms with van der Waals surface area (Å²) in [7, 11) is 5.06. The summed E-state index contributed by atoms with van der Waals surface area (Å²) < 4.78 is 16.1. The molecule has 0 spiro atoms. The fourth-order valence-electron chi connectivity index (χ4n) is 1.93. The van der Waals surface area contributed by atoms with Crippen molar-refractivity contribution in [1.82, 2.24) is 0 Å². The molecule has 0 bridgehead atoms. The Balaban J connectivity index is 2.46. The van der Waals surface area contributed by atoms with Crippen molar-refractivity contribution in [2.75, 3.05) is 27.1 Å². The van der Waals surface area contributed by atoms with E-state index in [0.717, 1.165) is 23.7 Å². The lowest BCUT2D eigenvalue weighted by Crippen LogP contribution is -2.09. The Morgan fingerprint density at radius 1 is 1.12 bits per heavy atom. The molecule has 0 aliphatic carbocycles. The molecule has 1 unspecified atom stereocenters. The van der Waals surface area contributed by atoms with E-state index in [-0.39, 0.29) is 6.10 Å². The molecule has 1 heterocycles. The second-order valence-electron chi connectivity index (χ2n) is 3.61. The Hall–Kier alpha value is -0.870. The van der Waals surface area contributed by atoms with Gasteiger partial charge >= 0.3 is 0 Å². The average Bonchev–Trinajstić information content (AvgIpc) is 2.36. The maximum atomic E-state index is 5.48. The number of methoxy groups -OCH3 is 3. The van der Waals surface area contributed by atoms with Crippen molar-refractivity contribution >= 4 is 11.8 Å². The normalized spacial score (nSPS) is 19.1. The molecule has 0 N–H and O–H groups in total. The van der Waals surface area contributed by atoms with Crippen molar-refractivity contribution in [3.8, 4) is 11.5 Å². The van der Waals surface area contributed by atoms with Crippen LogP contribution >= 0.6 is 11.8 Å². The van der Waals surface area contributed by atoms with E-state index in [9.17, 15) is 0 Å². The third-order valence-corrected chi connectivity index (χ3v) is 3.89. The first-order valence-corrected chi connectivity index (χ1v) is 6.20. The summed E-state index contributed by atoms with van der Waals surface area (Å²) in [6.45, 7) is 0. The molecule has 1 aromatic rings. The van der Waals surface area contributed by atoms with Crippen LogP contribution in [0.3, 0.4) is 0 Å². The van der Waals surface area contributed by atoms with Gasteiger partial charge in [-0.3, -0.25) is 0 Å². The second-order valence-corrected chi connectivity index (χ2v) is 4.74. The third-order valence-electron chi connectivity index (χ3n) is 2.78. The van der Waals surface area contributed by atoms with Crippen LogP contribution in [0, 0.1) is 0 Å². The smallest absolute Gasteiger partial charge is 0.161 e. The maximum Gasteiger partial charge on any atom is 0.161 e. The molecule has 0 radical (unpaired) electrons. The predicted octanol–water partition coefficient (Wildman–Crippen LogP) is 2.89. The fraction of sp³-hybridized carbons (Fsp3) is 0.500. The summed E-state index contributed by atoms with van der Waals surface area (Å²) in [5.41, 5.74) is 1.21. The summed E-state index contributed by atoms with van der Waals surface area (Å²) in [6, 6.07) is 4.05. The monoisotopic (exact) mass is 240 g/mol. The van der Waals surface area contributed by atoms with E-state index in [1.54, 1.807) is 21.3 Å². The Morgan fingerprint density at radius 3 is 2.44 bits per heavy atom. The van der Waals surface area contributed by atoms with E-state index in [4.69, 9.17) is 14.2 Å². The number of hydrogen-bond acceptors (Lipinski definition) is 4. The molecule has 1 aliphatic heterocycles. The lowest BCUT2D eigenvalue weighted by molar-refractivity contribution is 0.0971. The minimum Gasteiger partial charge on any atom is -0.493 e. The number of thioether (sulfide) groups is 1. The van der Waals surface area contributed by atoms with Crippen LogP contribution < -0.4 is 9.47 Å². The number of hydrogen-bond donors (Lipinski definition) is 0. The first-order valence-electron chi connectivity index (χ1n) is 5.21. The van der Waals surface area contributed by atoms with Gasteiger partial charge in [-0.05, 0) is 24.1 Å². The van der Waals surface area contributed by atoms with Gasteiger partial charge in [-0.2, -0.15) is 0 Å². The van der Waals surface area contributed by atoms with E-state index >= 15 is 0 Å². The van der Waals surface area contributed by atoms with E-state index in [1.165, 1.54) is 10.5 Å². The Labute approximate surface area is 100 Å². The van der Waals surface area contributed by atoms with E-state index in [2.05, 4.69) is 0 Å². The van der Waals surface area contributed by atoms with Gasteiger partial charge in [0.05, 0.1) is 20.3 Å². The summed E-state index contributed by atoms with van der Waals surface area (Å²) in [5.74, 6) is 2.64. The molecule has 1 aliphatic rings. The summed E-state index contributed by atoms with van der Waals surface area (Å²) in [5, 5.41) is 0. The van der Waals surface area contributed by atoms with Crippen molar-refractivity contribution in [1.29, 1.82) is 0 Å². The quantitative estimate of drug-likeness (QED) is 0.812. The van der Waals surface area contributed by atoms with Crippen LogP contribution in [0.4, 0.5) is 0 Å². The highest BCUT2D eigenvalue weighted by Crippen LogP contribution is 2.43. The molecule has 3 nitrogen and oxygen atoms in total. The second kappa shape index (κ2) is 4.97. The predicted molar refractivity (Wildman–Crippen MR) is 64.6 cm³/mol. The lowest BCUT2D eigenvalue weighted by Gasteiger charge is -2.25. The molecule has 2 rings (SSSR count). The molecule has 0 saturated carbocycles. The molecular weight excluding hydrogens is 224 g/mol. The highest BCUT2D eigenvalue weighted by Gasteiger charge is 2.23. The van der Waals surface area contributed by atoms with Gasteiger partial charge in [0.1, 0.15) is 0 Å². The maximum absolute atomic E-state index is 5.48. The topological polar surface area (TPSA) is 27.7 Å².